The molecule has 0 bridgehead atoms. The topological polar surface area (TPSA) is 12.0 Å². The quantitative estimate of drug-likeness (QED) is 0.432. The van der Waals surface area contributed by atoms with E-state index in [-0.39, 0.29) is 0 Å². The Morgan fingerprint density at radius 1 is 1.30 bits per heavy atom. The van der Waals surface area contributed by atoms with Crippen molar-refractivity contribution < 1.29 is 0 Å². The molecule has 0 saturated carbocycles. The third-order valence-electron chi connectivity index (χ3n) is 1.95. The van der Waals surface area contributed by atoms with Gasteiger partial charge < -0.3 is 0 Å². The van der Waals surface area contributed by atoms with Gasteiger partial charge in [0, 0.05) is 0 Å². The van der Waals surface area contributed by atoms with Crippen molar-refractivity contribution >= 4 is 17.7 Å². The van der Waals surface area contributed by atoms with Gasteiger partial charge in [0.25, 0.3) is 0 Å². The van der Waals surface area contributed by atoms with E-state index in [9.17, 15) is 0 Å². The van der Waals surface area contributed by atoms with E-state index < -0.39 is 0 Å². The van der Waals surface area contributed by atoms with Gasteiger partial charge in [-0.2, -0.15) is 0 Å². The van der Waals surface area contributed by atoms with Crippen molar-refractivity contribution in [1.82, 2.24) is 5.32 Å². The molecule has 0 aromatic carbocycles. The Kier molecular flexibility index (Phi) is 8.09. The molecule has 0 fully saturated rings. The number of hydrogen-bond donors (Lipinski definition) is 1. The van der Waals surface area contributed by atoms with Crippen LogP contribution in [0.15, 0.2) is 0 Å². The molecule has 1 N–H and O–H groups in total. The number of hydrogen-bond acceptors (Lipinski definition) is 1. The van der Waals surface area contributed by atoms with Crippen molar-refractivity contribution in [2.24, 2.45) is 0 Å². The molecule has 0 aliphatic carbocycles. The standard InChI is InChI=1S/C8H18N.Li/c1-4-7-9-8(5-2)6-3;/h8-9H,1,4-7H2,2-3H3;. The average molecular weight is 135 g/mol. The van der Waals surface area contributed by atoms with Crippen LogP contribution in [-0.2, 0) is 0 Å². The number of rotatable bonds is 6. The predicted octanol–water partition coefficient (Wildman–Crippen LogP) is 1.74. The molecule has 56 valence electrons. The summed E-state index contributed by atoms with van der Waals surface area (Å²) in [7, 11) is 0. The van der Waals surface area contributed by atoms with E-state index in [1.165, 1.54) is 30.9 Å². The van der Waals surface area contributed by atoms with Crippen LogP contribution in [0.25, 0.3) is 0 Å². The second-order valence-electron chi connectivity index (χ2n) is 2.82. The summed E-state index contributed by atoms with van der Waals surface area (Å²) < 4.78 is 0. The van der Waals surface area contributed by atoms with Gasteiger partial charge in [-0.25, -0.2) is 0 Å². The normalized spacial score (nSPS) is 10.9. The van der Waals surface area contributed by atoms with E-state index in [0.29, 0.717) is 0 Å². The molecule has 0 aliphatic rings. The van der Waals surface area contributed by atoms with Gasteiger partial charge in [0.2, 0.25) is 0 Å². The van der Waals surface area contributed by atoms with E-state index in [1.807, 2.05) is 0 Å². The molecule has 0 atom stereocenters. The van der Waals surface area contributed by atoms with Crippen LogP contribution in [-0.4, -0.2) is 30.3 Å². The van der Waals surface area contributed by atoms with E-state index >= 15 is 0 Å². The fourth-order valence-corrected chi connectivity index (χ4v) is 1.06. The van der Waals surface area contributed by atoms with E-state index in [0.717, 1.165) is 6.04 Å². The molecule has 0 radical (unpaired) electrons. The van der Waals surface area contributed by atoms with Crippen molar-refractivity contribution in [3.8, 4) is 0 Å². The third-order valence-corrected chi connectivity index (χ3v) is 1.95. The first kappa shape index (κ1) is 10.6. The van der Waals surface area contributed by atoms with Crippen LogP contribution < -0.4 is 5.32 Å². The Bertz CT molecular complexity index is 62.3. The first-order chi connectivity index (χ1) is 4.85. The summed E-state index contributed by atoms with van der Waals surface area (Å²) in [6.45, 7) is 5.68. The van der Waals surface area contributed by atoms with Crippen LogP contribution in [0.1, 0.15) is 33.1 Å². The van der Waals surface area contributed by atoms with Crippen molar-refractivity contribution in [2.75, 3.05) is 6.54 Å². The molecule has 0 aliphatic heterocycles. The minimum absolute atomic E-state index is 0.756. The molecule has 2 heteroatoms. The van der Waals surface area contributed by atoms with Gasteiger partial charge in [0.1, 0.15) is 0 Å². The maximum atomic E-state index is 3.52. The fraction of sp³-hybridized carbons (Fsp3) is 1.00. The Balaban J connectivity index is 3.09. The Labute approximate surface area is 74.2 Å². The first-order valence-electron chi connectivity index (χ1n) is 4.58. The summed E-state index contributed by atoms with van der Waals surface area (Å²) in [6, 6.07) is 0.756. The molecule has 0 aromatic rings. The second kappa shape index (κ2) is 7.66. The molecule has 0 heterocycles. The maximum absolute atomic E-state index is 3.52. The average Bonchev–Trinajstić information content (AvgIpc) is 1.99. The second-order valence-corrected chi connectivity index (χ2v) is 2.82. The monoisotopic (exact) mass is 135 g/mol. The predicted molar refractivity (Wildman–Crippen MR) is 47.6 cm³/mol. The summed E-state index contributed by atoms with van der Waals surface area (Å²) in [5.41, 5.74) is 0. The van der Waals surface area contributed by atoms with Gasteiger partial charge >= 0.3 is 73.8 Å². The zero-order valence-electron chi connectivity index (χ0n) is 7.61. The molecule has 0 unspecified atom stereocenters. The Morgan fingerprint density at radius 3 is 2.30 bits per heavy atom. The summed E-state index contributed by atoms with van der Waals surface area (Å²) >= 11 is 2.23. The molecular weight excluding hydrogens is 117 g/mol. The van der Waals surface area contributed by atoms with Crippen molar-refractivity contribution in [3.63, 3.8) is 0 Å². The van der Waals surface area contributed by atoms with Gasteiger partial charge in [-0.15, -0.1) is 0 Å². The summed E-state index contributed by atoms with van der Waals surface area (Å²) in [5, 5.41) is 4.82. The van der Waals surface area contributed by atoms with Crippen LogP contribution in [0.5, 0.6) is 0 Å². The molecule has 0 rings (SSSR count). The SMILES string of the molecule is [Li][CH2]CCNC(CC)CC. The molecule has 10 heavy (non-hydrogen) atoms. The third kappa shape index (κ3) is 5.35. The molecule has 0 amide bonds. The minimum atomic E-state index is 0.756. The molecular formula is C8H18LiN. The first-order valence-corrected chi connectivity index (χ1v) is 4.58. The van der Waals surface area contributed by atoms with Gasteiger partial charge in [-0.1, -0.05) is 0 Å². The summed E-state index contributed by atoms with van der Waals surface area (Å²) in [5.74, 6) is 0. The number of nitrogens with one attached hydrogen (secondary N) is 1. The van der Waals surface area contributed by atoms with Crippen molar-refractivity contribution in [3.05, 3.63) is 0 Å². The van der Waals surface area contributed by atoms with Crippen LogP contribution in [0, 0.1) is 0 Å². The van der Waals surface area contributed by atoms with E-state index in [4.69, 9.17) is 0 Å². The van der Waals surface area contributed by atoms with Gasteiger partial charge in [0.15, 0.2) is 0 Å². The van der Waals surface area contributed by atoms with Crippen molar-refractivity contribution in [2.45, 2.75) is 44.2 Å². The van der Waals surface area contributed by atoms with Gasteiger partial charge in [-0.05, 0) is 0 Å². The van der Waals surface area contributed by atoms with Gasteiger partial charge in [0.05, 0.1) is 0 Å². The van der Waals surface area contributed by atoms with Crippen LogP contribution in [0.4, 0.5) is 0 Å². The molecule has 0 aromatic heterocycles. The van der Waals surface area contributed by atoms with E-state index in [1.54, 1.807) is 0 Å². The van der Waals surface area contributed by atoms with Crippen LogP contribution >= 0.6 is 0 Å². The molecule has 0 spiro atoms. The van der Waals surface area contributed by atoms with Crippen LogP contribution in [0.2, 0.25) is 5.09 Å². The van der Waals surface area contributed by atoms with Crippen LogP contribution in [0.3, 0.4) is 0 Å². The summed E-state index contributed by atoms with van der Waals surface area (Å²) in [4.78, 5) is 0. The van der Waals surface area contributed by atoms with Gasteiger partial charge in [-0.3, -0.25) is 0 Å². The Hall–Kier alpha value is 0.557. The zero-order chi connectivity index (χ0) is 7.82. The molecule has 0 saturated heterocycles. The van der Waals surface area contributed by atoms with E-state index in [2.05, 4.69) is 36.9 Å². The fourth-order valence-electron chi connectivity index (χ4n) is 1.06. The Morgan fingerprint density at radius 2 is 1.90 bits per heavy atom. The summed E-state index contributed by atoms with van der Waals surface area (Å²) in [6.07, 6.45) is 3.84. The molecule has 1 nitrogen and oxygen atoms in total. The zero-order valence-corrected chi connectivity index (χ0v) is 7.61. The van der Waals surface area contributed by atoms with Crippen molar-refractivity contribution in [1.29, 1.82) is 0 Å².